The number of benzene rings is 1. The van der Waals surface area contributed by atoms with Gasteiger partial charge < -0.3 is 5.73 Å². The Balaban J connectivity index is 1.64. The van der Waals surface area contributed by atoms with Crippen LogP contribution < -0.4 is 5.73 Å². The first-order chi connectivity index (χ1) is 17.6. The molecule has 4 rings (SSSR count). The standard InChI is InChI=1S/C32H39N3S/c1-4-25-12-15-30(31-16-13-27(17-18-33)22-34-31)32(20-25)36-29-14-11-23(2)24(3)35-28(21-29)19-26-9-7-5-6-8-10-26/h1,12-13,15-16,20-22,26H,5-11,14,17-19,33H2,2-3H3/b24-23+,29-21+,35-28-. The van der Waals surface area contributed by atoms with Crippen molar-refractivity contribution in [3.05, 3.63) is 69.9 Å². The highest BCUT2D eigenvalue weighted by Gasteiger charge is 2.18. The molecule has 1 aliphatic heterocycles. The lowest BCUT2D eigenvalue weighted by Crippen LogP contribution is -2.08. The van der Waals surface area contributed by atoms with E-state index in [2.05, 4.69) is 50.1 Å². The van der Waals surface area contributed by atoms with Crippen molar-refractivity contribution in [1.29, 1.82) is 0 Å². The van der Waals surface area contributed by atoms with Gasteiger partial charge in [-0.3, -0.25) is 9.98 Å². The van der Waals surface area contributed by atoms with Gasteiger partial charge in [0.25, 0.3) is 0 Å². The van der Waals surface area contributed by atoms with E-state index < -0.39 is 0 Å². The Labute approximate surface area is 221 Å². The van der Waals surface area contributed by atoms with Gasteiger partial charge in [0.2, 0.25) is 0 Å². The van der Waals surface area contributed by atoms with Gasteiger partial charge in [0.05, 0.1) is 5.69 Å². The van der Waals surface area contributed by atoms with Crippen molar-refractivity contribution < 1.29 is 0 Å². The normalized spacial score (nSPS) is 22.4. The van der Waals surface area contributed by atoms with E-state index in [1.54, 1.807) is 0 Å². The lowest BCUT2D eigenvalue weighted by Gasteiger charge is -2.19. The molecule has 0 spiro atoms. The number of rotatable bonds is 7. The average molecular weight is 498 g/mol. The summed E-state index contributed by atoms with van der Waals surface area (Å²) >= 11 is 1.83. The van der Waals surface area contributed by atoms with Gasteiger partial charge in [-0.1, -0.05) is 73.9 Å². The van der Waals surface area contributed by atoms with Crippen LogP contribution in [0.4, 0.5) is 0 Å². The number of aromatic nitrogens is 1. The molecule has 0 bridgehead atoms. The fourth-order valence-corrected chi connectivity index (χ4v) is 6.24. The molecule has 1 saturated carbocycles. The van der Waals surface area contributed by atoms with Gasteiger partial charge in [-0.25, -0.2) is 0 Å². The molecule has 0 atom stereocenters. The number of terminal acetylenes is 1. The van der Waals surface area contributed by atoms with Gasteiger partial charge in [-0.15, -0.1) is 6.42 Å². The van der Waals surface area contributed by atoms with E-state index in [0.29, 0.717) is 6.54 Å². The smallest absolute Gasteiger partial charge is 0.0713 e. The molecule has 4 heteroatoms. The summed E-state index contributed by atoms with van der Waals surface area (Å²) in [5, 5.41) is 0. The molecular weight excluding hydrogens is 458 g/mol. The SMILES string of the molecule is C#Cc1ccc(-c2ccc(CCN)cn2)c(S/C2=C/C(CC3CCCCCC3)=N\C(C)=C(/C)CC2)c1. The fraction of sp³-hybridized carbons (Fsp3) is 0.438. The second-order valence-electron chi connectivity index (χ2n) is 10.2. The van der Waals surface area contributed by atoms with Gasteiger partial charge in [-0.05, 0) is 86.7 Å². The molecule has 1 fully saturated rings. The number of nitrogens with zero attached hydrogens (tertiary/aromatic N) is 2. The lowest BCUT2D eigenvalue weighted by molar-refractivity contribution is 0.477. The van der Waals surface area contributed by atoms with Crippen molar-refractivity contribution in [1.82, 2.24) is 4.98 Å². The highest BCUT2D eigenvalue weighted by Crippen LogP contribution is 2.39. The van der Waals surface area contributed by atoms with E-state index in [9.17, 15) is 0 Å². The number of hydrogen-bond donors (Lipinski definition) is 1. The fourth-order valence-electron chi connectivity index (χ4n) is 5.09. The topological polar surface area (TPSA) is 51.3 Å². The van der Waals surface area contributed by atoms with Crippen molar-refractivity contribution in [2.45, 2.75) is 83.0 Å². The van der Waals surface area contributed by atoms with Gasteiger partial charge in [0, 0.05) is 33.6 Å². The van der Waals surface area contributed by atoms with Gasteiger partial charge in [0.15, 0.2) is 0 Å². The summed E-state index contributed by atoms with van der Waals surface area (Å²) in [6.45, 7) is 5.03. The second-order valence-corrected chi connectivity index (χ2v) is 11.4. The van der Waals surface area contributed by atoms with E-state index in [1.165, 1.54) is 60.4 Å². The molecule has 0 saturated heterocycles. The van der Waals surface area contributed by atoms with Crippen LogP contribution in [0.2, 0.25) is 0 Å². The molecule has 1 aliphatic carbocycles. The molecule has 1 aromatic heterocycles. The number of thioether (sulfide) groups is 1. The Hall–Kier alpha value is -2.61. The minimum Gasteiger partial charge on any atom is -0.330 e. The molecule has 2 heterocycles. The van der Waals surface area contributed by atoms with Gasteiger partial charge in [-0.2, -0.15) is 0 Å². The van der Waals surface area contributed by atoms with E-state index in [-0.39, 0.29) is 0 Å². The third kappa shape index (κ3) is 7.21. The van der Waals surface area contributed by atoms with Crippen molar-refractivity contribution in [3.8, 4) is 23.6 Å². The first kappa shape index (κ1) is 26.5. The third-order valence-electron chi connectivity index (χ3n) is 7.40. The molecule has 0 unspecified atom stereocenters. The summed E-state index contributed by atoms with van der Waals surface area (Å²) in [6.07, 6.45) is 22.2. The van der Waals surface area contributed by atoms with Crippen LogP contribution in [-0.4, -0.2) is 17.2 Å². The number of nitrogens with two attached hydrogens (primary N) is 1. The van der Waals surface area contributed by atoms with E-state index >= 15 is 0 Å². The molecule has 2 aromatic rings. The summed E-state index contributed by atoms with van der Waals surface area (Å²) in [5.41, 5.74) is 13.7. The van der Waals surface area contributed by atoms with Crippen LogP contribution in [0.15, 0.2) is 68.7 Å². The Morgan fingerprint density at radius 3 is 2.56 bits per heavy atom. The van der Waals surface area contributed by atoms with Gasteiger partial charge in [0.1, 0.15) is 0 Å². The molecule has 188 valence electrons. The maximum absolute atomic E-state index is 5.79. The van der Waals surface area contributed by atoms with E-state index in [0.717, 1.165) is 58.9 Å². The highest BCUT2D eigenvalue weighted by atomic mass is 32.2. The van der Waals surface area contributed by atoms with E-state index in [1.807, 2.05) is 24.0 Å². The second kappa shape index (κ2) is 13.1. The highest BCUT2D eigenvalue weighted by molar-refractivity contribution is 8.03. The quantitative estimate of drug-likeness (QED) is 0.310. The van der Waals surface area contributed by atoms with Crippen LogP contribution in [0.5, 0.6) is 0 Å². The first-order valence-electron chi connectivity index (χ1n) is 13.4. The van der Waals surface area contributed by atoms with Crippen molar-refractivity contribution >= 4 is 17.5 Å². The lowest BCUT2D eigenvalue weighted by atomic mass is 9.93. The third-order valence-corrected chi connectivity index (χ3v) is 8.54. The van der Waals surface area contributed by atoms with E-state index in [4.69, 9.17) is 22.1 Å². The number of hydrogen-bond acceptors (Lipinski definition) is 4. The summed E-state index contributed by atoms with van der Waals surface area (Å²) in [5.74, 6) is 3.56. The Morgan fingerprint density at radius 2 is 1.86 bits per heavy atom. The summed E-state index contributed by atoms with van der Waals surface area (Å²) in [4.78, 5) is 12.4. The summed E-state index contributed by atoms with van der Waals surface area (Å²) in [7, 11) is 0. The van der Waals surface area contributed by atoms with Crippen LogP contribution in [0.25, 0.3) is 11.3 Å². The molecule has 2 N–H and O–H groups in total. The van der Waals surface area contributed by atoms with Crippen molar-refractivity contribution in [3.63, 3.8) is 0 Å². The van der Waals surface area contributed by atoms with Gasteiger partial charge >= 0.3 is 0 Å². The molecule has 36 heavy (non-hydrogen) atoms. The first-order valence-corrected chi connectivity index (χ1v) is 14.3. The van der Waals surface area contributed by atoms with Crippen LogP contribution in [-0.2, 0) is 6.42 Å². The summed E-state index contributed by atoms with van der Waals surface area (Å²) in [6, 6.07) is 10.5. The minimum absolute atomic E-state index is 0.630. The minimum atomic E-state index is 0.630. The Bertz CT molecular complexity index is 1170. The molecule has 0 amide bonds. The molecule has 2 aliphatic rings. The van der Waals surface area contributed by atoms with Crippen LogP contribution >= 0.6 is 11.8 Å². The maximum atomic E-state index is 5.79. The average Bonchev–Trinajstić information content (AvgIpc) is 3.15. The van der Waals surface area contributed by atoms with Crippen LogP contribution in [0.1, 0.15) is 82.8 Å². The Kier molecular flexibility index (Phi) is 9.61. The van der Waals surface area contributed by atoms with Crippen molar-refractivity contribution in [2.75, 3.05) is 6.54 Å². The largest absolute Gasteiger partial charge is 0.330 e. The zero-order valence-electron chi connectivity index (χ0n) is 21.9. The molecule has 3 nitrogen and oxygen atoms in total. The number of allylic oxidation sites excluding steroid dienone is 4. The maximum Gasteiger partial charge on any atom is 0.0713 e. The van der Waals surface area contributed by atoms with Crippen LogP contribution in [0, 0.1) is 18.3 Å². The molecule has 0 radical (unpaired) electrons. The summed E-state index contributed by atoms with van der Waals surface area (Å²) < 4.78 is 0. The monoisotopic (exact) mass is 497 g/mol. The van der Waals surface area contributed by atoms with Crippen LogP contribution in [0.3, 0.4) is 0 Å². The number of pyridine rings is 1. The predicted octanol–water partition coefficient (Wildman–Crippen LogP) is 8.10. The zero-order chi connectivity index (χ0) is 25.3. The molecule has 1 aromatic carbocycles. The number of aliphatic imine (C=N–C) groups is 1. The van der Waals surface area contributed by atoms with Crippen molar-refractivity contribution in [2.24, 2.45) is 16.6 Å². The molecular formula is C32H39N3S. The predicted molar refractivity (Wildman–Crippen MR) is 155 cm³/mol. The zero-order valence-corrected chi connectivity index (χ0v) is 22.7. The Morgan fingerprint density at radius 1 is 1.06 bits per heavy atom.